The maximum Gasteiger partial charge on any atom is 0.308 e. The van der Waals surface area contributed by atoms with Crippen LogP contribution in [0.1, 0.15) is 13.3 Å². The summed E-state index contributed by atoms with van der Waals surface area (Å²) < 4.78 is 0. The van der Waals surface area contributed by atoms with Gasteiger partial charge in [0, 0.05) is 17.3 Å². The van der Waals surface area contributed by atoms with Crippen LogP contribution in [0.25, 0.3) is 0 Å². The molecule has 0 amide bonds. The van der Waals surface area contributed by atoms with Gasteiger partial charge in [0.15, 0.2) is 0 Å². The van der Waals surface area contributed by atoms with Crippen molar-refractivity contribution in [2.45, 2.75) is 13.3 Å². The quantitative estimate of drug-likeness (QED) is 0.813. The molecular weight excluding hydrogens is 214 g/mol. The molecule has 0 aliphatic heterocycles. The van der Waals surface area contributed by atoms with Gasteiger partial charge in [0.2, 0.25) is 0 Å². The van der Waals surface area contributed by atoms with Gasteiger partial charge in [-0.25, -0.2) is 0 Å². The molecule has 1 aromatic carbocycles. The molecule has 0 heterocycles. The fourth-order valence-corrected chi connectivity index (χ4v) is 1.44. The molecule has 0 radical (unpaired) electrons. The van der Waals surface area contributed by atoms with Gasteiger partial charge >= 0.3 is 5.97 Å². The van der Waals surface area contributed by atoms with E-state index in [0.717, 1.165) is 5.69 Å². The number of rotatable bonds is 5. The molecule has 15 heavy (non-hydrogen) atoms. The van der Waals surface area contributed by atoms with Crippen LogP contribution in [-0.4, -0.2) is 17.6 Å². The van der Waals surface area contributed by atoms with E-state index < -0.39 is 5.97 Å². The van der Waals surface area contributed by atoms with Crippen molar-refractivity contribution in [1.29, 1.82) is 0 Å². The van der Waals surface area contributed by atoms with E-state index in [0.29, 0.717) is 18.0 Å². The number of carbonyl (C=O) groups is 1. The molecule has 1 unspecified atom stereocenters. The van der Waals surface area contributed by atoms with Crippen LogP contribution in [0.2, 0.25) is 5.02 Å². The monoisotopic (exact) mass is 227 g/mol. The zero-order chi connectivity index (χ0) is 11.3. The molecule has 0 aromatic heterocycles. The third-order valence-electron chi connectivity index (χ3n) is 2.22. The summed E-state index contributed by atoms with van der Waals surface area (Å²) in [6, 6.07) is 7.24. The minimum Gasteiger partial charge on any atom is -0.481 e. The molecule has 0 aliphatic rings. The van der Waals surface area contributed by atoms with E-state index in [1.807, 2.05) is 19.1 Å². The Balaban J connectivity index is 2.52. The van der Waals surface area contributed by atoms with Crippen LogP contribution < -0.4 is 5.32 Å². The van der Waals surface area contributed by atoms with Gasteiger partial charge in [-0.3, -0.25) is 4.79 Å². The fourth-order valence-electron chi connectivity index (χ4n) is 1.25. The smallest absolute Gasteiger partial charge is 0.308 e. The van der Waals surface area contributed by atoms with Crippen LogP contribution in [0.15, 0.2) is 24.3 Å². The topological polar surface area (TPSA) is 49.3 Å². The van der Waals surface area contributed by atoms with Crippen molar-refractivity contribution in [3.05, 3.63) is 29.3 Å². The third-order valence-corrected chi connectivity index (χ3v) is 2.45. The lowest BCUT2D eigenvalue weighted by Crippen LogP contribution is -2.21. The second-order valence-electron chi connectivity index (χ2n) is 3.33. The molecule has 1 aromatic rings. The van der Waals surface area contributed by atoms with Gasteiger partial charge in [0.1, 0.15) is 0 Å². The second-order valence-corrected chi connectivity index (χ2v) is 3.77. The molecule has 0 saturated heterocycles. The summed E-state index contributed by atoms with van der Waals surface area (Å²) >= 11 is 5.80. The van der Waals surface area contributed by atoms with Gasteiger partial charge in [-0.05, 0) is 24.6 Å². The number of carboxylic acids is 1. The van der Waals surface area contributed by atoms with Crippen molar-refractivity contribution < 1.29 is 9.90 Å². The first kappa shape index (κ1) is 11.9. The van der Waals surface area contributed by atoms with Crippen molar-refractivity contribution in [2.75, 3.05) is 11.9 Å². The normalized spacial score (nSPS) is 12.1. The van der Waals surface area contributed by atoms with E-state index in [9.17, 15) is 4.79 Å². The summed E-state index contributed by atoms with van der Waals surface area (Å²) in [4.78, 5) is 10.8. The maximum atomic E-state index is 10.8. The van der Waals surface area contributed by atoms with Crippen LogP contribution in [-0.2, 0) is 4.79 Å². The van der Waals surface area contributed by atoms with Crippen LogP contribution in [0.4, 0.5) is 5.69 Å². The Kier molecular flexibility index (Phi) is 4.43. The molecule has 0 bridgehead atoms. The van der Waals surface area contributed by atoms with E-state index in [2.05, 4.69) is 5.32 Å². The lowest BCUT2D eigenvalue weighted by molar-refractivity contribution is -0.141. The highest BCUT2D eigenvalue weighted by Gasteiger charge is 2.13. The summed E-state index contributed by atoms with van der Waals surface area (Å²) in [6.45, 7) is 2.28. The first-order valence-electron chi connectivity index (χ1n) is 4.85. The summed E-state index contributed by atoms with van der Waals surface area (Å²) in [5, 5.41) is 12.5. The van der Waals surface area contributed by atoms with Crippen molar-refractivity contribution >= 4 is 23.3 Å². The Bertz CT molecular complexity index is 341. The van der Waals surface area contributed by atoms with Crippen LogP contribution in [0, 0.1) is 5.92 Å². The maximum absolute atomic E-state index is 10.8. The zero-order valence-corrected chi connectivity index (χ0v) is 9.29. The van der Waals surface area contributed by atoms with E-state index in [-0.39, 0.29) is 5.92 Å². The molecule has 3 nitrogen and oxygen atoms in total. The second kappa shape index (κ2) is 5.61. The standard InChI is InChI=1S/C11H14ClNO2/c1-2-8(11(14)15)7-13-10-5-3-4-9(12)6-10/h3-6,8,13H,2,7H2,1H3,(H,14,15). The summed E-state index contributed by atoms with van der Waals surface area (Å²) in [5.74, 6) is -1.13. The predicted octanol–water partition coefficient (Wildman–Crippen LogP) is 2.86. The van der Waals surface area contributed by atoms with Gasteiger partial charge < -0.3 is 10.4 Å². The highest BCUT2D eigenvalue weighted by Crippen LogP contribution is 2.15. The number of nitrogens with one attached hydrogen (secondary N) is 1. The van der Waals surface area contributed by atoms with Gasteiger partial charge in [-0.1, -0.05) is 24.6 Å². The fraction of sp³-hybridized carbons (Fsp3) is 0.364. The van der Waals surface area contributed by atoms with Gasteiger partial charge in [0.05, 0.1) is 5.92 Å². The number of benzene rings is 1. The molecule has 0 saturated carbocycles. The van der Waals surface area contributed by atoms with Gasteiger partial charge in [-0.2, -0.15) is 0 Å². The van der Waals surface area contributed by atoms with E-state index in [1.54, 1.807) is 12.1 Å². The molecule has 4 heteroatoms. The van der Waals surface area contributed by atoms with Crippen molar-refractivity contribution in [3.63, 3.8) is 0 Å². The number of aliphatic carboxylic acids is 1. The largest absolute Gasteiger partial charge is 0.481 e. The van der Waals surface area contributed by atoms with E-state index in [1.165, 1.54) is 0 Å². The van der Waals surface area contributed by atoms with Gasteiger partial charge in [-0.15, -0.1) is 0 Å². The Morgan fingerprint density at radius 2 is 2.33 bits per heavy atom. The molecule has 0 fully saturated rings. The summed E-state index contributed by atoms with van der Waals surface area (Å²) in [6.07, 6.45) is 0.614. The number of carboxylic acid groups (broad SMARTS) is 1. The Morgan fingerprint density at radius 3 is 2.87 bits per heavy atom. The van der Waals surface area contributed by atoms with Crippen molar-refractivity contribution in [3.8, 4) is 0 Å². The predicted molar refractivity (Wildman–Crippen MR) is 61.4 cm³/mol. The first-order valence-corrected chi connectivity index (χ1v) is 5.23. The third kappa shape index (κ3) is 3.80. The highest BCUT2D eigenvalue weighted by molar-refractivity contribution is 6.30. The first-order chi connectivity index (χ1) is 7.13. The molecule has 1 atom stereocenters. The lowest BCUT2D eigenvalue weighted by atomic mass is 10.1. The molecule has 82 valence electrons. The van der Waals surface area contributed by atoms with Crippen molar-refractivity contribution in [1.82, 2.24) is 0 Å². The van der Waals surface area contributed by atoms with E-state index >= 15 is 0 Å². The number of anilines is 1. The average Bonchev–Trinajstić information content (AvgIpc) is 2.18. The minimum absolute atomic E-state index is 0.357. The van der Waals surface area contributed by atoms with Crippen LogP contribution in [0.3, 0.4) is 0 Å². The molecule has 0 spiro atoms. The van der Waals surface area contributed by atoms with Crippen molar-refractivity contribution in [2.24, 2.45) is 5.92 Å². The Labute approximate surface area is 94.1 Å². The van der Waals surface area contributed by atoms with Crippen LogP contribution in [0.5, 0.6) is 0 Å². The molecule has 1 rings (SSSR count). The van der Waals surface area contributed by atoms with Gasteiger partial charge in [0.25, 0.3) is 0 Å². The lowest BCUT2D eigenvalue weighted by Gasteiger charge is -2.12. The minimum atomic E-state index is -0.771. The molecule has 0 aliphatic carbocycles. The molecule has 2 N–H and O–H groups in total. The highest BCUT2D eigenvalue weighted by atomic mass is 35.5. The SMILES string of the molecule is CCC(CNc1cccc(Cl)c1)C(=O)O. The zero-order valence-electron chi connectivity index (χ0n) is 8.53. The number of hydrogen-bond donors (Lipinski definition) is 2. The number of hydrogen-bond acceptors (Lipinski definition) is 2. The molecular formula is C11H14ClNO2. The van der Waals surface area contributed by atoms with Crippen LogP contribution >= 0.6 is 11.6 Å². The summed E-state index contributed by atoms with van der Waals surface area (Å²) in [7, 11) is 0. The summed E-state index contributed by atoms with van der Waals surface area (Å²) in [5.41, 5.74) is 0.849. The van der Waals surface area contributed by atoms with E-state index in [4.69, 9.17) is 16.7 Å². The Hall–Kier alpha value is -1.22. The Morgan fingerprint density at radius 1 is 1.60 bits per heavy atom. The number of halogens is 1. The average molecular weight is 228 g/mol.